The van der Waals surface area contributed by atoms with Crippen molar-refractivity contribution >= 4 is 11.9 Å². The van der Waals surface area contributed by atoms with E-state index in [0.717, 1.165) is 6.08 Å². The van der Waals surface area contributed by atoms with Crippen LogP contribution in [0.15, 0.2) is 12.2 Å². The number of carbonyl (C=O) groups excluding carboxylic acids is 2. The molecule has 1 N–H and O–H groups in total. The molecule has 0 saturated carbocycles. The maximum absolute atomic E-state index is 11.4. The first kappa shape index (κ1) is 12.7. The minimum Gasteiger partial charge on any atom is -0.461 e. The van der Waals surface area contributed by atoms with Gasteiger partial charge in [0, 0.05) is 6.08 Å². The fraction of sp³-hybridized carbons (Fsp3) is 0.636. The second kappa shape index (κ2) is 4.65. The number of hydrogen-bond acceptors (Lipinski definition) is 5. The third kappa shape index (κ3) is 3.34. The predicted octanol–water partition coefficient (Wildman–Crippen LogP) is 0.418. The van der Waals surface area contributed by atoms with Gasteiger partial charge in [0.05, 0.1) is 5.41 Å². The van der Waals surface area contributed by atoms with E-state index in [1.54, 1.807) is 20.8 Å². The molecular formula is C11H16O5. The lowest BCUT2D eigenvalue weighted by atomic mass is 9.97. The highest BCUT2D eigenvalue weighted by Crippen LogP contribution is 2.16. The van der Waals surface area contributed by atoms with Crippen LogP contribution in [0.25, 0.3) is 0 Å². The van der Waals surface area contributed by atoms with Crippen LogP contribution in [0, 0.1) is 5.41 Å². The minimum atomic E-state index is -0.925. The summed E-state index contributed by atoms with van der Waals surface area (Å²) in [5.41, 5.74) is -0.612. The molecule has 0 amide bonds. The normalized spacial score (nSPS) is 25.1. The van der Waals surface area contributed by atoms with Crippen molar-refractivity contribution < 1.29 is 24.2 Å². The number of aliphatic hydroxyl groups excluding tert-OH is 1. The van der Waals surface area contributed by atoms with Gasteiger partial charge in [-0.3, -0.25) is 4.79 Å². The SMILES string of the molecule is CC(C)(C)C(=O)OC[C@H]1OC(=O)C=C[C@H]1O. The summed E-state index contributed by atoms with van der Waals surface area (Å²) in [6, 6.07) is 0. The first-order valence-electron chi connectivity index (χ1n) is 5.05. The fourth-order valence-electron chi connectivity index (χ4n) is 1.07. The molecule has 1 aliphatic rings. The molecule has 16 heavy (non-hydrogen) atoms. The van der Waals surface area contributed by atoms with E-state index in [-0.39, 0.29) is 6.61 Å². The summed E-state index contributed by atoms with van der Waals surface area (Å²) in [4.78, 5) is 22.3. The van der Waals surface area contributed by atoms with Crippen molar-refractivity contribution in [2.75, 3.05) is 6.61 Å². The summed E-state index contributed by atoms with van der Waals surface area (Å²) in [7, 11) is 0. The molecule has 0 aliphatic carbocycles. The molecule has 0 aromatic carbocycles. The smallest absolute Gasteiger partial charge is 0.331 e. The maximum Gasteiger partial charge on any atom is 0.331 e. The number of aliphatic hydroxyl groups is 1. The van der Waals surface area contributed by atoms with Gasteiger partial charge in [-0.05, 0) is 26.8 Å². The highest BCUT2D eigenvalue weighted by atomic mass is 16.6. The van der Waals surface area contributed by atoms with Gasteiger partial charge in [-0.15, -0.1) is 0 Å². The molecule has 0 radical (unpaired) electrons. The Labute approximate surface area is 94.0 Å². The van der Waals surface area contributed by atoms with Crippen LogP contribution in [0.1, 0.15) is 20.8 Å². The zero-order chi connectivity index (χ0) is 12.3. The summed E-state index contributed by atoms with van der Waals surface area (Å²) >= 11 is 0. The van der Waals surface area contributed by atoms with Gasteiger partial charge >= 0.3 is 11.9 Å². The van der Waals surface area contributed by atoms with Crippen LogP contribution in [0.3, 0.4) is 0 Å². The van der Waals surface area contributed by atoms with Crippen LogP contribution < -0.4 is 0 Å². The lowest BCUT2D eigenvalue weighted by Gasteiger charge is -2.25. The third-order valence-corrected chi connectivity index (χ3v) is 2.07. The zero-order valence-electron chi connectivity index (χ0n) is 9.60. The molecule has 2 atom stereocenters. The summed E-state index contributed by atoms with van der Waals surface area (Å²) in [6.07, 6.45) is 0.725. The van der Waals surface area contributed by atoms with Crippen molar-refractivity contribution in [2.45, 2.75) is 33.0 Å². The lowest BCUT2D eigenvalue weighted by Crippen LogP contribution is -2.38. The third-order valence-electron chi connectivity index (χ3n) is 2.07. The van der Waals surface area contributed by atoms with Gasteiger partial charge in [-0.2, -0.15) is 0 Å². The molecule has 1 rings (SSSR count). The summed E-state index contributed by atoms with van der Waals surface area (Å²) in [5.74, 6) is -0.938. The van der Waals surface area contributed by atoms with E-state index >= 15 is 0 Å². The number of rotatable bonds is 2. The zero-order valence-corrected chi connectivity index (χ0v) is 9.60. The summed E-state index contributed by atoms with van der Waals surface area (Å²) < 4.78 is 9.76. The van der Waals surface area contributed by atoms with E-state index in [1.165, 1.54) is 6.08 Å². The predicted molar refractivity (Wildman–Crippen MR) is 55.4 cm³/mol. The van der Waals surface area contributed by atoms with Crippen LogP contribution in [-0.2, 0) is 19.1 Å². The Kier molecular flexibility index (Phi) is 3.70. The van der Waals surface area contributed by atoms with E-state index in [1.807, 2.05) is 0 Å². The van der Waals surface area contributed by atoms with E-state index < -0.39 is 29.6 Å². The quantitative estimate of drug-likeness (QED) is 0.693. The van der Waals surface area contributed by atoms with Gasteiger partial charge in [0.1, 0.15) is 12.7 Å². The van der Waals surface area contributed by atoms with Crippen molar-refractivity contribution in [1.29, 1.82) is 0 Å². The summed E-state index contributed by atoms with van der Waals surface area (Å²) in [5, 5.41) is 9.45. The van der Waals surface area contributed by atoms with Gasteiger partial charge in [-0.25, -0.2) is 4.79 Å². The Bertz CT molecular complexity index is 313. The highest BCUT2D eigenvalue weighted by Gasteiger charge is 2.29. The number of ether oxygens (including phenoxy) is 2. The molecule has 1 aliphatic heterocycles. The van der Waals surface area contributed by atoms with Crippen molar-refractivity contribution in [3.63, 3.8) is 0 Å². The molecular weight excluding hydrogens is 212 g/mol. The Morgan fingerprint density at radius 2 is 2.19 bits per heavy atom. The average molecular weight is 228 g/mol. The van der Waals surface area contributed by atoms with Crippen LogP contribution in [-0.4, -0.2) is 35.9 Å². The van der Waals surface area contributed by atoms with Gasteiger partial charge in [0.2, 0.25) is 0 Å². The number of carbonyl (C=O) groups is 2. The molecule has 0 spiro atoms. The van der Waals surface area contributed by atoms with Crippen LogP contribution in [0.5, 0.6) is 0 Å². The minimum absolute atomic E-state index is 0.132. The topological polar surface area (TPSA) is 72.8 Å². The van der Waals surface area contributed by atoms with Crippen molar-refractivity contribution in [3.05, 3.63) is 12.2 Å². The Balaban J connectivity index is 2.47. The molecule has 90 valence electrons. The van der Waals surface area contributed by atoms with Crippen LogP contribution >= 0.6 is 0 Å². The van der Waals surface area contributed by atoms with E-state index in [4.69, 9.17) is 9.47 Å². The number of hydrogen-bond donors (Lipinski definition) is 1. The Hall–Kier alpha value is -1.36. The van der Waals surface area contributed by atoms with Gasteiger partial charge < -0.3 is 14.6 Å². The Morgan fingerprint density at radius 3 is 2.75 bits per heavy atom. The molecule has 0 fully saturated rings. The molecule has 0 bridgehead atoms. The first-order valence-corrected chi connectivity index (χ1v) is 5.05. The van der Waals surface area contributed by atoms with E-state index in [0.29, 0.717) is 0 Å². The summed E-state index contributed by atoms with van der Waals surface area (Å²) in [6.45, 7) is 5.03. The molecule has 0 aromatic rings. The largest absolute Gasteiger partial charge is 0.461 e. The van der Waals surface area contributed by atoms with E-state index in [9.17, 15) is 14.7 Å². The lowest BCUT2D eigenvalue weighted by molar-refractivity contribution is -0.167. The van der Waals surface area contributed by atoms with Gasteiger partial charge in [0.15, 0.2) is 6.10 Å². The molecule has 5 heteroatoms. The fourth-order valence-corrected chi connectivity index (χ4v) is 1.07. The monoisotopic (exact) mass is 228 g/mol. The molecule has 0 aromatic heterocycles. The number of esters is 2. The van der Waals surface area contributed by atoms with Crippen LogP contribution in [0.2, 0.25) is 0 Å². The van der Waals surface area contributed by atoms with Gasteiger partial charge in [0.25, 0.3) is 0 Å². The second-order valence-corrected chi connectivity index (χ2v) is 4.67. The highest BCUT2D eigenvalue weighted by molar-refractivity contribution is 5.83. The van der Waals surface area contributed by atoms with E-state index in [2.05, 4.69) is 0 Å². The molecule has 0 saturated heterocycles. The Morgan fingerprint density at radius 1 is 1.56 bits per heavy atom. The van der Waals surface area contributed by atoms with Crippen LogP contribution in [0.4, 0.5) is 0 Å². The standard InChI is InChI=1S/C11H16O5/c1-11(2,3)10(14)15-6-8-7(12)4-5-9(13)16-8/h4-5,7-8,12H,6H2,1-3H3/t7-,8-/m1/s1. The van der Waals surface area contributed by atoms with Crippen molar-refractivity contribution in [3.8, 4) is 0 Å². The van der Waals surface area contributed by atoms with Crippen molar-refractivity contribution in [1.82, 2.24) is 0 Å². The maximum atomic E-state index is 11.4. The molecule has 5 nitrogen and oxygen atoms in total. The molecule has 0 unspecified atom stereocenters. The number of cyclic esters (lactones) is 1. The molecule has 1 heterocycles. The van der Waals surface area contributed by atoms with Gasteiger partial charge in [-0.1, -0.05) is 0 Å². The first-order chi connectivity index (χ1) is 7.30. The average Bonchev–Trinajstić information content (AvgIpc) is 2.17. The second-order valence-electron chi connectivity index (χ2n) is 4.67. The van der Waals surface area contributed by atoms with Crippen molar-refractivity contribution in [2.24, 2.45) is 5.41 Å².